The number of hydrogen-bond acceptors (Lipinski definition) is 1. The van der Waals surface area contributed by atoms with Crippen LogP contribution in [0, 0.1) is 5.41 Å². The maximum absolute atomic E-state index is 3.49. The number of rotatable bonds is 2. The van der Waals surface area contributed by atoms with E-state index in [2.05, 4.69) is 26.2 Å². The molecule has 1 fully saturated rings. The highest BCUT2D eigenvalue weighted by molar-refractivity contribution is 4.87. The molecule has 0 radical (unpaired) electrons. The molecule has 0 aromatic carbocycles. The van der Waals surface area contributed by atoms with Gasteiger partial charge in [0.25, 0.3) is 0 Å². The van der Waals surface area contributed by atoms with Gasteiger partial charge in [-0.15, -0.1) is 0 Å². The summed E-state index contributed by atoms with van der Waals surface area (Å²) in [5, 5.41) is 3.49. The quantitative estimate of drug-likeness (QED) is 0.627. The minimum absolute atomic E-state index is 0.561. The summed E-state index contributed by atoms with van der Waals surface area (Å²) in [6.45, 7) is 4.77. The Balaban J connectivity index is 2.63. The Hall–Kier alpha value is -0.0400. The minimum Gasteiger partial charge on any atom is -0.316 e. The molecule has 0 spiro atoms. The van der Waals surface area contributed by atoms with Gasteiger partial charge in [0.05, 0.1) is 0 Å². The highest BCUT2D eigenvalue weighted by Gasteiger charge is 2.32. The van der Waals surface area contributed by atoms with Gasteiger partial charge in [0.2, 0.25) is 0 Å². The van der Waals surface area contributed by atoms with E-state index in [9.17, 15) is 0 Å². The van der Waals surface area contributed by atoms with Gasteiger partial charge in [-0.05, 0) is 31.7 Å². The molecule has 0 aromatic rings. The zero-order valence-electron chi connectivity index (χ0n) is 8.82. The van der Waals surface area contributed by atoms with Crippen LogP contribution in [0.3, 0.4) is 0 Å². The molecule has 0 aromatic heterocycles. The Kier molecular flexibility index (Phi) is 3.57. The van der Waals surface area contributed by atoms with Gasteiger partial charge in [-0.3, -0.25) is 0 Å². The summed E-state index contributed by atoms with van der Waals surface area (Å²) in [4.78, 5) is 0. The van der Waals surface area contributed by atoms with Crippen LogP contribution in [0.25, 0.3) is 0 Å². The summed E-state index contributed by atoms with van der Waals surface area (Å²) in [6, 6.07) is 0.755. The maximum Gasteiger partial charge on any atom is 0.0118 e. The van der Waals surface area contributed by atoms with E-state index in [1.54, 1.807) is 0 Å². The lowest BCUT2D eigenvalue weighted by Gasteiger charge is -2.35. The molecule has 12 heavy (non-hydrogen) atoms. The van der Waals surface area contributed by atoms with Crippen LogP contribution in [-0.4, -0.2) is 13.1 Å². The zero-order valence-corrected chi connectivity index (χ0v) is 8.82. The van der Waals surface area contributed by atoms with Crippen LogP contribution < -0.4 is 5.32 Å². The molecule has 0 amide bonds. The molecule has 1 aliphatic carbocycles. The lowest BCUT2D eigenvalue weighted by molar-refractivity contribution is 0.198. The fraction of sp³-hybridized carbons (Fsp3) is 1.00. The summed E-state index contributed by atoms with van der Waals surface area (Å²) in [7, 11) is 2.11. The van der Waals surface area contributed by atoms with E-state index in [1.807, 2.05) is 0 Å². The standard InChI is InChI=1S/C11H23N/c1-4-11(2)9-7-5-6-8-10(11)12-3/h10,12H,4-9H2,1-3H3. The Morgan fingerprint density at radius 3 is 2.67 bits per heavy atom. The molecule has 1 heteroatoms. The predicted octanol–water partition coefficient (Wildman–Crippen LogP) is 2.95. The van der Waals surface area contributed by atoms with Crippen molar-refractivity contribution < 1.29 is 0 Å². The first-order chi connectivity index (χ1) is 5.73. The molecule has 0 aliphatic heterocycles. The highest BCUT2D eigenvalue weighted by Crippen LogP contribution is 2.37. The Bertz CT molecular complexity index is 133. The molecule has 2 atom stereocenters. The summed E-state index contributed by atoms with van der Waals surface area (Å²) in [6.07, 6.45) is 8.39. The third-order valence-corrected chi connectivity index (χ3v) is 3.74. The van der Waals surface area contributed by atoms with Gasteiger partial charge in [-0.2, -0.15) is 0 Å². The SMILES string of the molecule is CCC1(C)CCCCCC1NC. The van der Waals surface area contributed by atoms with Gasteiger partial charge in [0.15, 0.2) is 0 Å². The first-order valence-electron chi connectivity index (χ1n) is 5.40. The third kappa shape index (κ3) is 2.01. The van der Waals surface area contributed by atoms with Crippen molar-refractivity contribution in [3.8, 4) is 0 Å². The molecule has 0 bridgehead atoms. The fourth-order valence-electron chi connectivity index (χ4n) is 2.49. The van der Waals surface area contributed by atoms with E-state index in [4.69, 9.17) is 0 Å². The monoisotopic (exact) mass is 169 g/mol. The van der Waals surface area contributed by atoms with E-state index >= 15 is 0 Å². The minimum atomic E-state index is 0.561. The van der Waals surface area contributed by atoms with Crippen LogP contribution >= 0.6 is 0 Å². The lowest BCUT2D eigenvalue weighted by Crippen LogP contribution is -2.40. The second-order valence-electron chi connectivity index (χ2n) is 4.45. The first kappa shape index (κ1) is 10.0. The average molecular weight is 169 g/mol. The van der Waals surface area contributed by atoms with E-state index in [0.29, 0.717) is 5.41 Å². The molecule has 2 unspecified atom stereocenters. The molecule has 1 saturated carbocycles. The molecule has 0 saturated heterocycles. The van der Waals surface area contributed by atoms with Gasteiger partial charge in [-0.1, -0.05) is 33.1 Å². The second-order valence-corrected chi connectivity index (χ2v) is 4.45. The number of nitrogens with one attached hydrogen (secondary N) is 1. The Labute approximate surface area is 76.9 Å². The van der Waals surface area contributed by atoms with Crippen molar-refractivity contribution in [1.82, 2.24) is 5.32 Å². The largest absolute Gasteiger partial charge is 0.316 e. The van der Waals surface area contributed by atoms with Crippen LogP contribution in [0.15, 0.2) is 0 Å². The van der Waals surface area contributed by atoms with Crippen molar-refractivity contribution in [2.24, 2.45) is 5.41 Å². The zero-order chi connectivity index (χ0) is 9.03. The van der Waals surface area contributed by atoms with Crippen molar-refractivity contribution in [3.63, 3.8) is 0 Å². The van der Waals surface area contributed by atoms with Crippen molar-refractivity contribution >= 4 is 0 Å². The van der Waals surface area contributed by atoms with E-state index < -0.39 is 0 Å². The molecule has 1 N–H and O–H groups in total. The summed E-state index contributed by atoms with van der Waals surface area (Å²) in [5.41, 5.74) is 0.561. The summed E-state index contributed by atoms with van der Waals surface area (Å²) in [5.74, 6) is 0. The second kappa shape index (κ2) is 4.27. The van der Waals surface area contributed by atoms with E-state index in [1.165, 1.54) is 38.5 Å². The van der Waals surface area contributed by atoms with Gasteiger partial charge in [0.1, 0.15) is 0 Å². The predicted molar refractivity (Wildman–Crippen MR) is 54.3 cm³/mol. The molecule has 1 rings (SSSR count). The fourth-order valence-corrected chi connectivity index (χ4v) is 2.49. The van der Waals surface area contributed by atoms with Crippen LogP contribution in [0.2, 0.25) is 0 Å². The van der Waals surface area contributed by atoms with Gasteiger partial charge in [0, 0.05) is 6.04 Å². The highest BCUT2D eigenvalue weighted by atomic mass is 14.9. The van der Waals surface area contributed by atoms with Crippen LogP contribution in [-0.2, 0) is 0 Å². The topological polar surface area (TPSA) is 12.0 Å². The Morgan fingerprint density at radius 1 is 1.33 bits per heavy atom. The number of hydrogen-bond donors (Lipinski definition) is 1. The summed E-state index contributed by atoms with van der Waals surface area (Å²) < 4.78 is 0. The van der Waals surface area contributed by atoms with Crippen LogP contribution in [0.1, 0.15) is 52.4 Å². The molecule has 0 heterocycles. The first-order valence-corrected chi connectivity index (χ1v) is 5.40. The summed E-state index contributed by atoms with van der Waals surface area (Å²) >= 11 is 0. The lowest BCUT2D eigenvalue weighted by atomic mass is 9.76. The maximum atomic E-state index is 3.49. The molecular weight excluding hydrogens is 146 g/mol. The van der Waals surface area contributed by atoms with E-state index in [-0.39, 0.29) is 0 Å². The van der Waals surface area contributed by atoms with Gasteiger partial charge < -0.3 is 5.32 Å². The smallest absolute Gasteiger partial charge is 0.0118 e. The average Bonchev–Trinajstić information content (AvgIpc) is 2.28. The third-order valence-electron chi connectivity index (χ3n) is 3.74. The normalized spacial score (nSPS) is 37.8. The van der Waals surface area contributed by atoms with Crippen LogP contribution in [0.4, 0.5) is 0 Å². The van der Waals surface area contributed by atoms with Crippen molar-refractivity contribution in [2.75, 3.05) is 7.05 Å². The molecule has 1 nitrogen and oxygen atoms in total. The van der Waals surface area contributed by atoms with Crippen molar-refractivity contribution in [1.29, 1.82) is 0 Å². The van der Waals surface area contributed by atoms with Gasteiger partial charge in [-0.25, -0.2) is 0 Å². The van der Waals surface area contributed by atoms with Gasteiger partial charge >= 0.3 is 0 Å². The van der Waals surface area contributed by atoms with Crippen LogP contribution in [0.5, 0.6) is 0 Å². The van der Waals surface area contributed by atoms with E-state index in [0.717, 1.165) is 6.04 Å². The molecule has 1 aliphatic rings. The van der Waals surface area contributed by atoms with Crippen molar-refractivity contribution in [2.45, 2.75) is 58.4 Å². The Morgan fingerprint density at radius 2 is 2.08 bits per heavy atom. The van der Waals surface area contributed by atoms with Crippen molar-refractivity contribution in [3.05, 3.63) is 0 Å². The molecular formula is C11H23N. The molecule has 72 valence electrons.